The topological polar surface area (TPSA) is 42.2 Å². The molecule has 1 N–H and O–H groups in total. The Labute approximate surface area is 196 Å². The van der Waals surface area contributed by atoms with Gasteiger partial charge in [-0.15, -0.1) is 11.8 Å². The van der Waals surface area contributed by atoms with Crippen LogP contribution in [0.25, 0.3) is 0 Å². The molecule has 4 rings (SSSR count). The number of hydrogen-bond donors (Lipinski definition) is 1. The molecular weight excluding hydrogens is 414 g/mol. The number of carbonyl (C=O) groups is 1. The van der Waals surface area contributed by atoms with Crippen LogP contribution in [0.2, 0.25) is 0 Å². The highest BCUT2D eigenvalue weighted by atomic mass is 32.2. The molecule has 0 fully saturated rings. The van der Waals surface area contributed by atoms with E-state index in [1.54, 1.807) is 17.8 Å². The number of thioether (sulfide) groups is 1. The monoisotopic (exact) mass is 447 g/mol. The van der Waals surface area contributed by atoms with Crippen molar-refractivity contribution in [2.75, 3.05) is 11.6 Å². The molecule has 0 spiro atoms. The molecule has 0 atom stereocenters. The Bertz CT molecular complexity index is 1140. The largest absolute Gasteiger partial charge is 0.456 e. The molecule has 3 aromatic rings. The van der Waals surface area contributed by atoms with Gasteiger partial charge in [0.25, 0.3) is 5.91 Å². The SMILES string of the molecule is CSc1ccc(NC(=O)c2ccc(Cc3cc4c(cc3C)C(C)(C)CCC4(C)C)o2)cc1. The lowest BCUT2D eigenvalue weighted by atomic mass is 9.62. The summed E-state index contributed by atoms with van der Waals surface area (Å²) < 4.78 is 5.94. The highest BCUT2D eigenvalue weighted by Crippen LogP contribution is 2.46. The van der Waals surface area contributed by atoms with Gasteiger partial charge in [-0.3, -0.25) is 4.79 Å². The van der Waals surface area contributed by atoms with E-state index in [4.69, 9.17) is 4.42 Å². The van der Waals surface area contributed by atoms with E-state index in [-0.39, 0.29) is 16.7 Å². The van der Waals surface area contributed by atoms with Gasteiger partial charge in [0, 0.05) is 17.0 Å². The van der Waals surface area contributed by atoms with Gasteiger partial charge in [-0.25, -0.2) is 0 Å². The van der Waals surface area contributed by atoms with Crippen LogP contribution in [-0.2, 0) is 17.3 Å². The average molecular weight is 448 g/mol. The molecule has 1 heterocycles. The maximum atomic E-state index is 12.6. The standard InChI is InChI=1S/C28H33NO2S/c1-18-15-23-24(28(4,5)14-13-27(23,2)3)17-19(18)16-21-9-12-25(31-21)26(30)29-20-7-10-22(32-6)11-8-20/h7-12,15,17H,13-14,16H2,1-6H3,(H,29,30). The zero-order valence-electron chi connectivity index (χ0n) is 20.0. The summed E-state index contributed by atoms with van der Waals surface area (Å²) in [4.78, 5) is 13.8. The van der Waals surface area contributed by atoms with Crippen LogP contribution in [0.4, 0.5) is 5.69 Å². The smallest absolute Gasteiger partial charge is 0.291 e. The van der Waals surface area contributed by atoms with Crippen molar-refractivity contribution in [1.82, 2.24) is 0 Å². The molecule has 0 aliphatic heterocycles. The maximum absolute atomic E-state index is 12.6. The maximum Gasteiger partial charge on any atom is 0.291 e. The van der Waals surface area contributed by atoms with E-state index < -0.39 is 0 Å². The third-order valence-electron chi connectivity index (χ3n) is 6.91. The van der Waals surface area contributed by atoms with E-state index in [0.29, 0.717) is 12.2 Å². The molecule has 32 heavy (non-hydrogen) atoms. The molecule has 3 nitrogen and oxygen atoms in total. The molecule has 168 valence electrons. The van der Waals surface area contributed by atoms with E-state index in [9.17, 15) is 4.79 Å². The molecule has 1 aliphatic rings. The molecule has 0 saturated carbocycles. The summed E-state index contributed by atoms with van der Waals surface area (Å²) in [5, 5.41) is 2.92. The summed E-state index contributed by atoms with van der Waals surface area (Å²) in [6.45, 7) is 11.6. The summed E-state index contributed by atoms with van der Waals surface area (Å²) in [6.07, 6.45) is 5.12. The Hall–Kier alpha value is -2.46. The van der Waals surface area contributed by atoms with Gasteiger partial charge in [0.15, 0.2) is 5.76 Å². The zero-order chi connectivity index (χ0) is 23.1. The molecule has 1 aliphatic carbocycles. The predicted octanol–water partition coefficient (Wildman–Crippen LogP) is 7.50. The number of anilines is 1. The third-order valence-corrected chi connectivity index (χ3v) is 7.65. The number of nitrogens with one attached hydrogen (secondary N) is 1. The minimum absolute atomic E-state index is 0.174. The summed E-state index contributed by atoms with van der Waals surface area (Å²) in [6, 6.07) is 16.2. The zero-order valence-corrected chi connectivity index (χ0v) is 20.8. The Kier molecular flexibility index (Phi) is 6.02. The molecule has 1 aromatic heterocycles. The van der Waals surface area contributed by atoms with Crippen molar-refractivity contribution in [3.63, 3.8) is 0 Å². The minimum atomic E-state index is -0.224. The molecule has 1 amide bonds. The van der Waals surface area contributed by atoms with E-state index in [1.807, 2.05) is 36.6 Å². The van der Waals surface area contributed by atoms with Gasteiger partial charge in [-0.05, 0) is 95.5 Å². The van der Waals surface area contributed by atoms with Gasteiger partial charge in [0.1, 0.15) is 5.76 Å². The van der Waals surface area contributed by atoms with Crippen LogP contribution in [-0.4, -0.2) is 12.2 Å². The first-order valence-corrected chi connectivity index (χ1v) is 12.5. The first-order valence-electron chi connectivity index (χ1n) is 11.3. The fraction of sp³-hybridized carbons (Fsp3) is 0.393. The lowest BCUT2D eigenvalue weighted by molar-refractivity contribution is 0.0995. The number of furan rings is 1. The number of amides is 1. The van der Waals surface area contributed by atoms with Crippen molar-refractivity contribution in [2.45, 2.75) is 69.6 Å². The summed E-state index contributed by atoms with van der Waals surface area (Å²) in [5.41, 5.74) is 6.62. The summed E-state index contributed by atoms with van der Waals surface area (Å²) in [7, 11) is 0. The molecule has 0 saturated heterocycles. The molecule has 4 heteroatoms. The normalized spacial score (nSPS) is 16.4. The number of carbonyl (C=O) groups excluding carboxylic acids is 1. The van der Waals surface area contributed by atoms with E-state index in [0.717, 1.165) is 16.3 Å². The fourth-order valence-electron chi connectivity index (χ4n) is 4.61. The van der Waals surface area contributed by atoms with Crippen LogP contribution in [0.5, 0.6) is 0 Å². The van der Waals surface area contributed by atoms with Crippen LogP contribution in [0, 0.1) is 6.92 Å². The quantitative estimate of drug-likeness (QED) is 0.412. The number of aryl methyl sites for hydroxylation is 1. The molecule has 0 bridgehead atoms. The average Bonchev–Trinajstić information content (AvgIpc) is 3.22. The van der Waals surface area contributed by atoms with Crippen molar-refractivity contribution in [3.8, 4) is 0 Å². The first-order chi connectivity index (χ1) is 15.1. The van der Waals surface area contributed by atoms with Crippen LogP contribution >= 0.6 is 11.8 Å². The Balaban J connectivity index is 1.54. The highest BCUT2D eigenvalue weighted by molar-refractivity contribution is 7.98. The second-order valence-electron chi connectivity index (χ2n) is 10.2. The highest BCUT2D eigenvalue weighted by Gasteiger charge is 2.37. The van der Waals surface area contributed by atoms with Gasteiger partial charge >= 0.3 is 0 Å². The Morgan fingerprint density at radius 2 is 1.59 bits per heavy atom. The molecule has 2 aromatic carbocycles. The van der Waals surface area contributed by atoms with Gasteiger partial charge in [0.2, 0.25) is 0 Å². The van der Waals surface area contributed by atoms with E-state index >= 15 is 0 Å². The Morgan fingerprint density at radius 3 is 2.22 bits per heavy atom. The van der Waals surface area contributed by atoms with Crippen LogP contribution in [0.3, 0.4) is 0 Å². The van der Waals surface area contributed by atoms with E-state index in [2.05, 4.69) is 52.1 Å². The third kappa shape index (κ3) is 4.52. The second kappa shape index (κ2) is 8.47. The molecule has 0 radical (unpaired) electrons. The van der Waals surface area contributed by atoms with Crippen molar-refractivity contribution >= 4 is 23.4 Å². The molecular formula is C28H33NO2S. The van der Waals surface area contributed by atoms with Gasteiger partial charge in [0.05, 0.1) is 0 Å². The van der Waals surface area contributed by atoms with Crippen molar-refractivity contribution < 1.29 is 9.21 Å². The lowest BCUT2D eigenvalue weighted by Crippen LogP contribution is -2.34. The number of fused-ring (bicyclic) bond motifs is 1. The van der Waals surface area contributed by atoms with Gasteiger partial charge in [-0.1, -0.05) is 39.8 Å². The number of hydrogen-bond acceptors (Lipinski definition) is 3. The van der Waals surface area contributed by atoms with Gasteiger partial charge in [-0.2, -0.15) is 0 Å². The van der Waals surface area contributed by atoms with Crippen LogP contribution in [0.15, 0.2) is 57.8 Å². The van der Waals surface area contributed by atoms with Crippen molar-refractivity contribution in [1.29, 1.82) is 0 Å². The minimum Gasteiger partial charge on any atom is -0.456 e. The van der Waals surface area contributed by atoms with Crippen LogP contribution in [0.1, 0.15) is 79.1 Å². The summed E-state index contributed by atoms with van der Waals surface area (Å²) >= 11 is 1.67. The first kappa shape index (κ1) is 22.7. The van der Waals surface area contributed by atoms with E-state index in [1.165, 1.54) is 35.1 Å². The number of benzene rings is 2. The fourth-order valence-corrected chi connectivity index (χ4v) is 5.02. The summed E-state index contributed by atoms with van der Waals surface area (Å²) in [5.74, 6) is 0.924. The number of rotatable bonds is 5. The van der Waals surface area contributed by atoms with Crippen molar-refractivity contribution in [3.05, 3.63) is 82.3 Å². The van der Waals surface area contributed by atoms with Crippen molar-refractivity contribution in [2.24, 2.45) is 0 Å². The lowest BCUT2D eigenvalue weighted by Gasteiger charge is -2.42. The molecule has 0 unspecified atom stereocenters. The van der Waals surface area contributed by atoms with Gasteiger partial charge < -0.3 is 9.73 Å². The second-order valence-corrected chi connectivity index (χ2v) is 11.1. The Morgan fingerprint density at radius 1 is 0.969 bits per heavy atom. The predicted molar refractivity (Wildman–Crippen MR) is 134 cm³/mol. The van der Waals surface area contributed by atoms with Crippen LogP contribution < -0.4 is 5.32 Å².